The summed E-state index contributed by atoms with van der Waals surface area (Å²) in [6.45, 7) is 6.56. The predicted octanol–water partition coefficient (Wildman–Crippen LogP) is 7.21. The summed E-state index contributed by atoms with van der Waals surface area (Å²) in [6.07, 6.45) is 4.25. The Kier molecular flexibility index (Phi) is 7.41. The van der Waals surface area contributed by atoms with Crippen LogP contribution < -0.4 is 0 Å². The normalized spacial score (nSPS) is 13.9. The minimum atomic E-state index is 0.158. The molecule has 0 fully saturated rings. The minimum Gasteiger partial charge on any atom is -0.508 e. The molecule has 0 spiro atoms. The first-order valence-electron chi connectivity index (χ1n) is 11.0. The molecule has 3 nitrogen and oxygen atoms in total. The molecule has 3 rings (SSSR count). The van der Waals surface area contributed by atoms with E-state index in [1.807, 2.05) is 36.4 Å². The lowest BCUT2D eigenvalue weighted by molar-refractivity contribution is 0.474. The Morgan fingerprint density at radius 1 is 0.710 bits per heavy atom. The van der Waals surface area contributed by atoms with Gasteiger partial charge in [-0.2, -0.15) is 0 Å². The molecule has 0 aliphatic carbocycles. The molecule has 0 aliphatic heterocycles. The van der Waals surface area contributed by atoms with Crippen molar-refractivity contribution in [1.82, 2.24) is 0 Å². The molecule has 2 atom stereocenters. The second kappa shape index (κ2) is 10.2. The third kappa shape index (κ3) is 5.91. The summed E-state index contributed by atoms with van der Waals surface area (Å²) in [7, 11) is 0. The lowest BCUT2D eigenvalue weighted by Crippen LogP contribution is -2.07. The van der Waals surface area contributed by atoms with Gasteiger partial charge in [-0.3, -0.25) is 0 Å². The van der Waals surface area contributed by atoms with E-state index in [-0.39, 0.29) is 23.2 Å². The first-order valence-corrected chi connectivity index (χ1v) is 11.0. The van der Waals surface area contributed by atoms with Gasteiger partial charge in [-0.05, 0) is 83.3 Å². The Morgan fingerprint density at radius 3 is 1.61 bits per heavy atom. The van der Waals surface area contributed by atoms with Crippen LogP contribution >= 0.6 is 0 Å². The van der Waals surface area contributed by atoms with Crippen LogP contribution in [0, 0.1) is 5.92 Å². The molecule has 162 valence electrons. The Morgan fingerprint density at radius 2 is 1.16 bits per heavy atom. The van der Waals surface area contributed by atoms with Gasteiger partial charge in [0.2, 0.25) is 0 Å². The van der Waals surface area contributed by atoms with E-state index < -0.39 is 0 Å². The third-order valence-electron chi connectivity index (χ3n) is 5.92. The molecule has 0 heterocycles. The fourth-order valence-corrected chi connectivity index (χ4v) is 4.11. The Balaban J connectivity index is 2.02. The van der Waals surface area contributed by atoms with E-state index >= 15 is 0 Å². The van der Waals surface area contributed by atoms with Crippen LogP contribution in [0.4, 0.5) is 0 Å². The van der Waals surface area contributed by atoms with Crippen molar-refractivity contribution in [2.24, 2.45) is 5.92 Å². The largest absolute Gasteiger partial charge is 0.508 e. The second-order valence-electron chi connectivity index (χ2n) is 8.45. The predicted molar refractivity (Wildman–Crippen MR) is 128 cm³/mol. The molecule has 3 heteroatoms. The third-order valence-corrected chi connectivity index (χ3v) is 5.92. The van der Waals surface area contributed by atoms with Crippen molar-refractivity contribution in [2.75, 3.05) is 0 Å². The van der Waals surface area contributed by atoms with Crippen molar-refractivity contribution in [3.8, 4) is 17.2 Å². The number of hydrogen-bond donors (Lipinski definition) is 3. The average molecular weight is 417 g/mol. The molecule has 3 N–H and O–H groups in total. The van der Waals surface area contributed by atoms with Gasteiger partial charge in [-0.15, -0.1) is 0 Å². The van der Waals surface area contributed by atoms with Crippen LogP contribution in [0.2, 0.25) is 0 Å². The highest BCUT2D eigenvalue weighted by atomic mass is 16.3. The maximum Gasteiger partial charge on any atom is 0.115 e. The fraction of sp³-hybridized carbons (Fsp3) is 0.286. The summed E-state index contributed by atoms with van der Waals surface area (Å²) in [4.78, 5) is 0. The molecular weight excluding hydrogens is 384 g/mol. The fourth-order valence-electron chi connectivity index (χ4n) is 4.11. The lowest BCUT2D eigenvalue weighted by atomic mass is 9.81. The van der Waals surface area contributed by atoms with Gasteiger partial charge in [0, 0.05) is 5.92 Å². The van der Waals surface area contributed by atoms with Gasteiger partial charge < -0.3 is 15.3 Å². The summed E-state index contributed by atoms with van der Waals surface area (Å²) < 4.78 is 0. The standard InChI is InChI=1S/C28H32O3/c1-4-20(21-5-11-25(29)12-6-21)17-24(22-7-13-26(30)14-8-22)18-28(19(2)3)23-9-15-27(31)16-10-23/h5-16,18-20,24,29-31H,4,17H2,1-3H3. The first kappa shape index (κ1) is 22.5. The molecule has 3 aromatic carbocycles. The van der Waals surface area contributed by atoms with Crippen LogP contribution in [0.1, 0.15) is 62.1 Å². The van der Waals surface area contributed by atoms with Gasteiger partial charge in [-0.1, -0.05) is 63.2 Å². The van der Waals surface area contributed by atoms with Crippen molar-refractivity contribution in [3.05, 3.63) is 95.6 Å². The van der Waals surface area contributed by atoms with Crippen molar-refractivity contribution in [1.29, 1.82) is 0 Å². The van der Waals surface area contributed by atoms with E-state index in [0.29, 0.717) is 11.8 Å². The van der Waals surface area contributed by atoms with Crippen molar-refractivity contribution < 1.29 is 15.3 Å². The van der Waals surface area contributed by atoms with Crippen molar-refractivity contribution in [2.45, 2.75) is 45.4 Å². The van der Waals surface area contributed by atoms with E-state index in [1.165, 1.54) is 11.1 Å². The molecule has 0 aromatic heterocycles. The smallest absolute Gasteiger partial charge is 0.115 e. The maximum absolute atomic E-state index is 9.78. The summed E-state index contributed by atoms with van der Waals surface area (Å²) >= 11 is 0. The zero-order chi connectivity index (χ0) is 22.4. The van der Waals surface area contributed by atoms with Gasteiger partial charge in [0.05, 0.1) is 0 Å². The van der Waals surface area contributed by atoms with Crippen LogP contribution in [-0.2, 0) is 0 Å². The van der Waals surface area contributed by atoms with Crippen LogP contribution in [-0.4, -0.2) is 15.3 Å². The lowest BCUT2D eigenvalue weighted by Gasteiger charge is -2.24. The molecule has 0 saturated carbocycles. The van der Waals surface area contributed by atoms with Gasteiger partial charge >= 0.3 is 0 Å². The first-order chi connectivity index (χ1) is 14.9. The molecule has 0 amide bonds. The van der Waals surface area contributed by atoms with Crippen LogP contribution in [0.25, 0.3) is 5.57 Å². The Bertz CT molecular complexity index is 984. The number of allylic oxidation sites excluding steroid dienone is 2. The molecular formula is C28H32O3. The molecule has 0 saturated heterocycles. The number of hydrogen-bond acceptors (Lipinski definition) is 3. The molecule has 0 aliphatic rings. The molecule has 31 heavy (non-hydrogen) atoms. The van der Waals surface area contributed by atoms with Crippen LogP contribution in [0.3, 0.4) is 0 Å². The molecule has 0 radical (unpaired) electrons. The van der Waals surface area contributed by atoms with E-state index in [4.69, 9.17) is 0 Å². The zero-order valence-corrected chi connectivity index (χ0v) is 18.5. The summed E-state index contributed by atoms with van der Waals surface area (Å²) in [6, 6.07) is 22.4. The highest BCUT2D eigenvalue weighted by Gasteiger charge is 2.19. The molecule has 2 unspecified atom stereocenters. The van der Waals surface area contributed by atoms with E-state index in [0.717, 1.165) is 24.0 Å². The number of rotatable bonds is 8. The number of benzene rings is 3. The summed E-state index contributed by atoms with van der Waals surface area (Å²) in [5.74, 6) is 1.62. The number of aromatic hydroxyl groups is 3. The van der Waals surface area contributed by atoms with Crippen molar-refractivity contribution in [3.63, 3.8) is 0 Å². The van der Waals surface area contributed by atoms with Gasteiger partial charge in [0.1, 0.15) is 17.2 Å². The Labute approximate surface area is 185 Å². The molecule has 0 bridgehead atoms. The van der Waals surface area contributed by atoms with Gasteiger partial charge in [-0.25, -0.2) is 0 Å². The molecule has 3 aromatic rings. The van der Waals surface area contributed by atoms with Gasteiger partial charge in [0.15, 0.2) is 0 Å². The second-order valence-corrected chi connectivity index (χ2v) is 8.45. The highest BCUT2D eigenvalue weighted by Crippen LogP contribution is 2.37. The maximum atomic E-state index is 9.78. The minimum absolute atomic E-state index is 0.158. The van der Waals surface area contributed by atoms with E-state index in [9.17, 15) is 15.3 Å². The van der Waals surface area contributed by atoms with Crippen molar-refractivity contribution >= 4 is 5.57 Å². The highest BCUT2D eigenvalue weighted by molar-refractivity contribution is 5.68. The topological polar surface area (TPSA) is 60.7 Å². The number of phenols is 3. The van der Waals surface area contributed by atoms with Gasteiger partial charge in [0.25, 0.3) is 0 Å². The van der Waals surface area contributed by atoms with Crippen LogP contribution in [0.15, 0.2) is 78.9 Å². The summed E-state index contributed by atoms with van der Waals surface area (Å²) in [5, 5.41) is 29.2. The zero-order valence-electron chi connectivity index (χ0n) is 18.5. The SMILES string of the molecule is CCC(CC(C=C(c1ccc(O)cc1)C(C)C)c1ccc(O)cc1)c1ccc(O)cc1. The quantitative estimate of drug-likeness (QED) is 0.363. The van der Waals surface area contributed by atoms with E-state index in [1.54, 1.807) is 36.4 Å². The number of phenolic OH excluding ortho intramolecular Hbond substituents is 3. The van der Waals surface area contributed by atoms with Crippen LogP contribution in [0.5, 0.6) is 17.2 Å². The Hall–Kier alpha value is -3.20. The summed E-state index contributed by atoms with van der Waals surface area (Å²) in [5.41, 5.74) is 4.72. The van der Waals surface area contributed by atoms with E-state index in [2.05, 4.69) is 26.8 Å². The average Bonchev–Trinajstić information content (AvgIpc) is 2.76. The monoisotopic (exact) mass is 416 g/mol.